The summed E-state index contributed by atoms with van der Waals surface area (Å²) in [5, 5.41) is 9.13. The van der Waals surface area contributed by atoms with E-state index in [1.54, 1.807) is 24.1 Å². The van der Waals surface area contributed by atoms with Gasteiger partial charge in [-0.25, -0.2) is 13.2 Å². The van der Waals surface area contributed by atoms with E-state index in [0.717, 1.165) is 6.07 Å². The van der Waals surface area contributed by atoms with Gasteiger partial charge in [-0.05, 0) is 29.5 Å². The number of ether oxygens (including phenoxy) is 2. The number of benzene rings is 2. The summed E-state index contributed by atoms with van der Waals surface area (Å²) in [6.07, 6.45) is 2.21. The molecule has 1 heterocycles. The second kappa shape index (κ2) is 7.99. The fraction of sp³-hybridized carbons (Fsp3) is 0.458. The van der Waals surface area contributed by atoms with Crippen LogP contribution in [0.1, 0.15) is 41.9 Å². The maximum atomic E-state index is 15.1. The maximum absolute atomic E-state index is 15.1. The lowest BCUT2D eigenvalue weighted by atomic mass is 9.92. The molecule has 2 aliphatic carbocycles. The molecule has 1 aliphatic heterocycles. The first-order chi connectivity index (χ1) is 15.4. The number of carboxylic acid groups (broad SMARTS) is 1. The summed E-state index contributed by atoms with van der Waals surface area (Å²) >= 11 is 0. The molecule has 3 aliphatic rings. The van der Waals surface area contributed by atoms with Crippen LogP contribution < -0.4 is 9.64 Å². The van der Waals surface area contributed by atoms with Crippen molar-refractivity contribution >= 4 is 11.7 Å². The predicted molar refractivity (Wildman–Crippen MR) is 110 cm³/mol. The van der Waals surface area contributed by atoms with Crippen molar-refractivity contribution in [3.05, 3.63) is 58.4 Å². The van der Waals surface area contributed by atoms with Crippen LogP contribution in [0.4, 0.5) is 18.9 Å². The van der Waals surface area contributed by atoms with Crippen LogP contribution >= 0.6 is 0 Å². The molecule has 2 saturated carbocycles. The summed E-state index contributed by atoms with van der Waals surface area (Å²) in [7, 11) is 1.63. The van der Waals surface area contributed by atoms with E-state index in [9.17, 15) is 13.6 Å². The fourth-order valence-corrected chi connectivity index (χ4v) is 4.78. The van der Waals surface area contributed by atoms with Gasteiger partial charge in [0.2, 0.25) is 0 Å². The van der Waals surface area contributed by atoms with Gasteiger partial charge in [0, 0.05) is 51.1 Å². The topological polar surface area (TPSA) is 59.0 Å². The van der Waals surface area contributed by atoms with Crippen molar-refractivity contribution < 1.29 is 32.5 Å². The van der Waals surface area contributed by atoms with E-state index in [2.05, 4.69) is 0 Å². The highest BCUT2D eigenvalue weighted by Crippen LogP contribution is 2.49. The van der Waals surface area contributed by atoms with E-state index >= 15 is 4.39 Å². The zero-order chi connectivity index (χ0) is 22.6. The van der Waals surface area contributed by atoms with Crippen LogP contribution in [0.25, 0.3) is 0 Å². The molecule has 2 aromatic rings. The third kappa shape index (κ3) is 3.70. The molecule has 2 aromatic carbocycles. The van der Waals surface area contributed by atoms with Gasteiger partial charge in [-0.15, -0.1) is 0 Å². The normalized spacial score (nSPS) is 26.3. The van der Waals surface area contributed by atoms with Crippen LogP contribution in [-0.2, 0) is 22.5 Å². The molecule has 0 unspecified atom stereocenters. The average molecular weight is 447 g/mol. The van der Waals surface area contributed by atoms with E-state index < -0.39 is 23.5 Å². The largest absolute Gasteiger partial charge is 0.490 e. The Balaban J connectivity index is 1.35. The van der Waals surface area contributed by atoms with Gasteiger partial charge in [-0.2, -0.15) is 0 Å². The summed E-state index contributed by atoms with van der Waals surface area (Å²) in [4.78, 5) is 12.8. The van der Waals surface area contributed by atoms with Crippen LogP contribution in [0.3, 0.4) is 0 Å². The van der Waals surface area contributed by atoms with Gasteiger partial charge in [-0.3, -0.25) is 4.79 Å². The average Bonchev–Trinajstić information content (AvgIpc) is 3.53. The molecule has 1 N–H and O–H groups in total. The molecule has 0 amide bonds. The van der Waals surface area contributed by atoms with Crippen LogP contribution in [-0.4, -0.2) is 36.9 Å². The standard InChI is InChI=1S/C24H24F3NO4/c1-31-13-6-14(7-13)32-15-8-20(25)23(27)21(9-15)28-5-4-16-12(11-28)2-3-17(22(16)26)18-10-19(18)24(29)30/h2-3,8-9,13-14,18-19H,4-7,10-11H2,1H3,(H,29,30)/t13-,14-,18-,19+/m1/s1. The summed E-state index contributed by atoms with van der Waals surface area (Å²) in [6.45, 7) is 0.546. The van der Waals surface area contributed by atoms with Crippen molar-refractivity contribution in [3.63, 3.8) is 0 Å². The lowest BCUT2D eigenvalue weighted by Gasteiger charge is -2.35. The molecule has 0 spiro atoms. The lowest BCUT2D eigenvalue weighted by molar-refractivity contribution is -0.138. The molecule has 5 rings (SSSR count). The minimum atomic E-state index is -0.985. The number of halogens is 3. The maximum Gasteiger partial charge on any atom is 0.307 e. The molecule has 5 nitrogen and oxygen atoms in total. The molecular weight excluding hydrogens is 423 g/mol. The molecular formula is C24H24F3NO4. The van der Waals surface area contributed by atoms with E-state index in [4.69, 9.17) is 14.6 Å². The first-order valence-electron chi connectivity index (χ1n) is 10.8. The summed E-state index contributed by atoms with van der Waals surface area (Å²) in [5.41, 5.74) is 1.75. The highest BCUT2D eigenvalue weighted by Gasteiger charge is 2.46. The lowest BCUT2D eigenvalue weighted by Crippen LogP contribution is -2.39. The van der Waals surface area contributed by atoms with Crippen molar-refractivity contribution in [1.29, 1.82) is 0 Å². The van der Waals surface area contributed by atoms with Crippen molar-refractivity contribution in [2.45, 2.75) is 50.4 Å². The van der Waals surface area contributed by atoms with Gasteiger partial charge in [0.05, 0.1) is 17.7 Å². The Hall–Kier alpha value is -2.74. The number of hydrogen-bond acceptors (Lipinski definition) is 4. The first kappa shape index (κ1) is 21.1. The van der Waals surface area contributed by atoms with Crippen LogP contribution in [0.5, 0.6) is 5.75 Å². The van der Waals surface area contributed by atoms with Crippen molar-refractivity contribution in [1.82, 2.24) is 0 Å². The molecule has 0 radical (unpaired) electrons. The minimum absolute atomic E-state index is 0.0888. The molecule has 170 valence electrons. The molecule has 2 fully saturated rings. The van der Waals surface area contributed by atoms with Gasteiger partial charge in [-0.1, -0.05) is 12.1 Å². The Kier molecular flexibility index (Phi) is 5.28. The number of carbonyl (C=O) groups is 1. The van der Waals surface area contributed by atoms with Crippen LogP contribution in [0.2, 0.25) is 0 Å². The van der Waals surface area contributed by atoms with Gasteiger partial charge in [0.25, 0.3) is 0 Å². The Morgan fingerprint density at radius 2 is 1.88 bits per heavy atom. The van der Waals surface area contributed by atoms with Crippen LogP contribution in [0.15, 0.2) is 24.3 Å². The summed E-state index contributed by atoms with van der Waals surface area (Å²) in [5.74, 6) is -3.77. The SMILES string of the molecule is CO[C@H]1C[C@H](Oc2cc(F)c(F)c(N3CCc4c(ccc([C@H]5C[C@@H]5C(=O)O)c4F)C3)c2)C1. The zero-order valence-electron chi connectivity index (χ0n) is 17.6. The van der Waals surface area contributed by atoms with E-state index in [0.29, 0.717) is 48.9 Å². The van der Waals surface area contributed by atoms with Crippen molar-refractivity contribution in [3.8, 4) is 5.75 Å². The quantitative estimate of drug-likeness (QED) is 0.711. The van der Waals surface area contributed by atoms with E-state index in [-0.39, 0.29) is 41.9 Å². The minimum Gasteiger partial charge on any atom is -0.490 e. The van der Waals surface area contributed by atoms with E-state index in [1.165, 1.54) is 6.07 Å². The fourth-order valence-electron chi connectivity index (χ4n) is 4.78. The predicted octanol–water partition coefficient (Wildman–Crippen LogP) is 4.41. The smallest absolute Gasteiger partial charge is 0.307 e. The number of rotatable bonds is 6. The highest BCUT2D eigenvalue weighted by atomic mass is 19.2. The third-order valence-electron chi connectivity index (χ3n) is 6.88. The molecule has 32 heavy (non-hydrogen) atoms. The van der Waals surface area contributed by atoms with Crippen LogP contribution in [0, 0.1) is 23.4 Å². The molecule has 0 aromatic heterocycles. The summed E-state index contributed by atoms with van der Waals surface area (Å²) < 4.78 is 55.1. The Morgan fingerprint density at radius 3 is 2.56 bits per heavy atom. The second-order valence-electron chi connectivity index (χ2n) is 8.87. The monoisotopic (exact) mass is 447 g/mol. The van der Waals surface area contributed by atoms with Gasteiger partial charge in [0.15, 0.2) is 11.6 Å². The molecule has 0 saturated heterocycles. The molecule has 8 heteroatoms. The number of nitrogens with zero attached hydrogens (tertiary/aromatic N) is 1. The molecule has 0 bridgehead atoms. The number of aliphatic carboxylic acids is 1. The highest BCUT2D eigenvalue weighted by molar-refractivity contribution is 5.75. The number of methoxy groups -OCH3 is 1. The zero-order valence-corrected chi connectivity index (χ0v) is 17.6. The van der Waals surface area contributed by atoms with Crippen molar-refractivity contribution in [2.75, 3.05) is 18.6 Å². The second-order valence-corrected chi connectivity index (χ2v) is 8.87. The van der Waals surface area contributed by atoms with Gasteiger partial charge >= 0.3 is 5.97 Å². The van der Waals surface area contributed by atoms with E-state index in [1.807, 2.05) is 0 Å². The van der Waals surface area contributed by atoms with Crippen molar-refractivity contribution in [2.24, 2.45) is 5.92 Å². The molecule has 2 atom stereocenters. The number of anilines is 1. The van der Waals surface area contributed by atoms with Gasteiger partial charge < -0.3 is 19.5 Å². The Bertz CT molecular complexity index is 1070. The Morgan fingerprint density at radius 1 is 1.09 bits per heavy atom. The summed E-state index contributed by atoms with van der Waals surface area (Å²) in [6, 6.07) is 5.95. The third-order valence-corrected chi connectivity index (χ3v) is 6.88. The first-order valence-corrected chi connectivity index (χ1v) is 10.8. The Labute approximate surface area is 183 Å². The number of carboxylic acids is 1. The number of fused-ring (bicyclic) bond motifs is 1. The van der Waals surface area contributed by atoms with Gasteiger partial charge in [0.1, 0.15) is 17.7 Å². The number of hydrogen-bond donors (Lipinski definition) is 1.